The van der Waals surface area contributed by atoms with Gasteiger partial charge in [0.05, 0.1) is 60.9 Å². The number of carbonyl (C=O) groups excluding carboxylic acids is 8. The maximum Gasteiger partial charge on any atom is 0.408 e. The topological polar surface area (TPSA) is 316 Å². The first-order valence-electron chi connectivity index (χ1n) is 39.8. The molecule has 4 heterocycles. The molecule has 1 saturated carbocycles. The van der Waals surface area contributed by atoms with Crippen LogP contribution in [0.1, 0.15) is 170 Å². The Morgan fingerprint density at radius 2 is 1.41 bits per heavy atom. The molecule has 23 nitrogen and oxygen atoms in total. The Bertz CT molecular complexity index is 3860. The molecule has 3 aliphatic heterocycles. The Hall–Kier alpha value is -7.97. The third kappa shape index (κ3) is 25.0. The minimum absolute atomic E-state index is 0.00140. The highest BCUT2D eigenvalue weighted by Crippen LogP contribution is 2.40. The number of pyridine rings is 1. The number of aliphatic hydroxyl groups excluding tert-OH is 3. The van der Waals surface area contributed by atoms with Gasteiger partial charge < -0.3 is 64.4 Å². The van der Waals surface area contributed by atoms with Gasteiger partial charge in [-0.2, -0.15) is 0 Å². The summed E-state index contributed by atoms with van der Waals surface area (Å²) >= 11 is 0. The number of Topliss-reactive ketones (excluding diaryl/α,β-unsaturated/α-hetero) is 3. The number of amides is 3. The van der Waals surface area contributed by atoms with Crippen molar-refractivity contribution >= 4 is 47.0 Å². The smallest absolute Gasteiger partial charge is 0.408 e. The number of nitrogens with one attached hydrogen (secondary N) is 2. The minimum Gasteiger partial charge on any atom is -0.456 e. The van der Waals surface area contributed by atoms with Crippen LogP contribution in [-0.4, -0.2) is 196 Å². The number of nitrogens with zero attached hydrogens (tertiary/aromatic N) is 3. The van der Waals surface area contributed by atoms with Gasteiger partial charge in [-0.15, -0.1) is 0 Å². The molecule has 2 saturated heterocycles. The fourth-order valence-corrected chi connectivity index (χ4v) is 16.2. The quantitative estimate of drug-likeness (QED) is 0.0147. The van der Waals surface area contributed by atoms with Crippen molar-refractivity contribution in [3.05, 3.63) is 161 Å². The molecule has 1 unspecified atom stereocenters. The van der Waals surface area contributed by atoms with Crippen LogP contribution in [0.15, 0.2) is 145 Å². The highest BCUT2D eigenvalue weighted by molar-refractivity contribution is 6.39. The minimum atomic E-state index is -2.63. The number of methoxy groups -OCH3 is 3. The number of piperidine rings is 1. The maximum atomic E-state index is 15.2. The predicted molar refractivity (Wildman–Crippen MR) is 425 cm³/mol. The lowest BCUT2D eigenvalue weighted by Gasteiger charge is -2.47. The van der Waals surface area contributed by atoms with Gasteiger partial charge in [0.25, 0.3) is 11.7 Å². The molecule has 612 valence electrons. The first kappa shape index (κ1) is 89.6. The predicted octanol–water partition coefficient (Wildman–Crippen LogP) is 11.2. The van der Waals surface area contributed by atoms with E-state index >= 15 is 9.59 Å². The fourth-order valence-electron chi connectivity index (χ4n) is 16.2. The van der Waals surface area contributed by atoms with Gasteiger partial charge in [0, 0.05) is 89.2 Å². The van der Waals surface area contributed by atoms with E-state index < -0.39 is 149 Å². The van der Waals surface area contributed by atoms with E-state index in [4.69, 9.17) is 28.4 Å². The second kappa shape index (κ2) is 41.4. The third-order valence-electron chi connectivity index (χ3n) is 22.8. The molecule has 112 heavy (non-hydrogen) atoms. The number of rotatable bonds is 26. The summed E-state index contributed by atoms with van der Waals surface area (Å²) in [6, 6.07) is 28.7. The zero-order chi connectivity index (χ0) is 81.8. The van der Waals surface area contributed by atoms with E-state index in [2.05, 4.69) is 15.6 Å². The largest absolute Gasteiger partial charge is 0.456 e. The third-order valence-corrected chi connectivity index (χ3v) is 22.8. The van der Waals surface area contributed by atoms with Crippen LogP contribution >= 0.6 is 0 Å². The average molecular weight is 1550 g/mol. The summed E-state index contributed by atoms with van der Waals surface area (Å²) in [5.41, 5.74) is 3.77. The highest BCUT2D eigenvalue weighted by atomic mass is 16.7. The zero-order valence-electron chi connectivity index (χ0n) is 68.1. The molecule has 2 bridgehead atoms. The number of hydrogen-bond acceptors (Lipinski definition) is 20. The number of benzene rings is 3. The molecule has 4 aromatic rings. The molecular formula is C89H123N5O18. The van der Waals surface area contributed by atoms with Crippen LogP contribution in [0.3, 0.4) is 0 Å². The second-order valence-corrected chi connectivity index (χ2v) is 33.9. The molecule has 23 heteroatoms. The highest BCUT2D eigenvalue weighted by Gasteiger charge is 2.57. The monoisotopic (exact) mass is 1550 g/mol. The van der Waals surface area contributed by atoms with Gasteiger partial charge in [-0.05, 0) is 148 Å². The molecule has 0 radical (unpaired) electrons. The molecule has 3 fully saturated rings. The van der Waals surface area contributed by atoms with Crippen molar-refractivity contribution < 1.29 is 87.2 Å². The average Bonchev–Trinajstić information content (AvgIpc) is 0.765. The standard InChI is InChI=1S/C89H123N5O18/c1-55-42-56(2)44-77(108-13)80-78(109-14)46-58(4)89(106,112-80)82(101)84(103)94-41-24-22-33-70(94)85(104)111-79(57(3)45-63-36-39-71(96)76(48-63)107-12)59(5)72(97)50-73(98)65(43-55)30-25-31-66(95)49-67(87(6,7)8)83(102)91-69(47-60-26-17-15-18-27-60)74(99)52-93(51-61-34-37-64(38-35-61)68-32-21-23-40-90-68)53-75(100)81(88(9,10)11)92-86(105)110-54-62-28-19-16-20-29-62/h15-21,23,25-29,31-32,34-35,37-38,40,43,45,56,58-59,63,65,67,69-72,74,76-81,96-97,99,106H,22,24,30,33,36,39,41-42,44,46-54H2,1-14H3,(H,91,102)(H,92,105)/b31-25+,55-43-,57-45+/t56-,58-,59-,63+,65+,67-,69+,70?,71-,72+,74+,76-,77-,78+,79-,80+,81-,89-/m1/s1. The van der Waals surface area contributed by atoms with Crippen molar-refractivity contribution in [3.8, 4) is 11.3 Å². The number of fused-ring (bicyclic) bond motifs is 3. The molecule has 18 atom stereocenters. The van der Waals surface area contributed by atoms with Crippen molar-refractivity contribution in [2.75, 3.05) is 41.0 Å². The maximum absolute atomic E-state index is 15.2. The number of carbonyl (C=O) groups is 8. The molecular weight excluding hydrogens is 1430 g/mol. The Labute approximate surface area is 662 Å². The first-order chi connectivity index (χ1) is 53.1. The van der Waals surface area contributed by atoms with Gasteiger partial charge >= 0.3 is 12.1 Å². The lowest BCUT2D eigenvalue weighted by Crippen LogP contribution is -2.64. The number of cyclic esters (lactones) is 1. The number of esters is 1. The second-order valence-electron chi connectivity index (χ2n) is 33.9. The molecule has 1 aliphatic carbocycles. The number of aromatic nitrogens is 1. The van der Waals surface area contributed by atoms with Crippen molar-refractivity contribution in [3.63, 3.8) is 0 Å². The Morgan fingerprint density at radius 3 is 2.04 bits per heavy atom. The van der Waals surface area contributed by atoms with Crippen molar-refractivity contribution in [1.82, 2.24) is 25.4 Å². The lowest BCUT2D eigenvalue weighted by molar-refractivity contribution is -0.302. The van der Waals surface area contributed by atoms with Gasteiger partial charge in [-0.25, -0.2) is 9.59 Å². The van der Waals surface area contributed by atoms with Crippen LogP contribution in [0, 0.1) is 46.3 Å². The molecule has 8 rings (SSSR count). The van der Waals surface area contributed by atoms with Gasteiger partial charge in [0.15, 0.2) is 11.6 Å². The summed E-state index contributed by atoms with van der Waals surface area (Å²) < 4.78 is 36.1. The summed E-state index contributed by atoms with van der Waals surface area (Å²) in [4.78, 5) is 125. The fraction of sp³-hybridized carbons (Fsp3) is 0.584. The molecule has 3 aromatic carbocycles. The normalized spacial score (nSPS) is 28.0. The van der Waals surface area contributed by atoms with E-state index in [9.17, 15) is 49.2 Å². The lowest BCUT2D eigenvalue weighted by atomic mass is 9.77. The molecule has 6 N–H and O–H groups in total. The Balaban J connectivity index is 1.06. The summed E-state index contributed by atoms with van der Waals surface area (Å²) in [6.45, 7) is 19.8. The number of ketones is 4. The van der Waals surface area contributed by atoms with Crippen LogP contribution < -0.4 is 10.6 Å². The van der Waals surface area contributed by atoms with E-state index in [1.54, 1.807) is 37.9 Å². The van der Waals surface area contributed by atoms with Crippen LogP contribution in [0.25, 0.3) is 11.3 Å². The van der Waals surface area contributed by atoms with Crippen LogP contribution in [0.2, 0.25) is 0 Å². The van der Waals surface area contributed by atoms with Gasteiger partial charge in [0.2, 0.25) is 11.7 Å². The summed E-state index contributed by atoms with van der Waals surface area (Å²) in [6.07, 6.45) is 3.10. The van der Waals surface area contributed by atoms with E-state index in [0.717, 1.165) is 38.4 Å². The van der Waals surface area contributed by atoms with Crippen molar-refractivity contribution in [2.45, 2.75) is 246 Å². The van der Waals surface area contributed by atoms with Gasteiger partial charge in [-0.1, -0.05) is 177 Å². The Kier molecular flexibility index (Phi) is 33.1. The first-order valence-corrected chi connectivity index (χ1v) is 39.8. The van der Waals surface area contributed by atoms with Gasteiger partial charge in [0.1, 0.15) is 30.6 Å². The van der Waals surface area contributed by atoms with Crippen molar-refractivity contribution in [2.24, 2.45) is 46.3 Å². The van der Waals surface area contributed by atoms with Crippen molar-refractivity contribution in [1.29, 1.82) is 0 Å². The molecule has 4 aliphatic rings. The van der Waals surface area contributed by atoms with E-state index in [0.29, 0.717) is 50.5 Å². The number of ether oxygens (including phenoxy) is 6. The molecule has 1 aromatic heterocycles. The summed E-state index contributed by atoms with van der Waals surface area (Å²) in [5.74, 6) is -11.5. The SMILES string of the molecule is CO[C@H]1C[C@@H](C)[C@@]2(O)O[C@H]1[C@H](OC)C[C@H](C)C/C(C)=C\[C@H](C/C=C/C(=O)C[C@H](C(=O)N[C@@H](Cc1ccccc1)[C@@H](O)CN(CC(=O)[C@@H](NC(=O)OCc1ccccc1)C(C)(C)C)Cc1ccc(-c3ccccn3)cc1)C(C)(C)C)C(=O)C[C@H](O)[C@@H](C)[C@@H](/C(C)=C/[C@@H]1CC[C@@H](O)[C@H](OC)C1)OC(=O)C1CCCCN1C(=O)C2=O. The van der Waals surface area contributed by atoms with Crippen LogP contribution in [0.5, 0.6) is 0 Å². The summed E-state index contributed by atoms with van der Waals surface area (Å²) in [5, 5.41) is 54.2. The van der Waals surface area contributed by atoms with E-state index in [1.165, 1.54) is 27.4 Å². The number of alkyl carbamates (subject to hydrolysis) is 1. The number of allylic oxidation sites excluding steroid dienone is 5. The van der Waals surface area contributed by atoms with Crippen LogP contribution in [-0.2, 0) is 81.6 Å². The summed E-state index contributed by atoms with van der Waals surface area (Å²) in [7, 11) is 4.51. The van der Waals surface area contributed by atoms with Crippen LogP contribution in [0.4, 0.5) is 4.79 Å². The number of hydrogen-bond donors (Lipinski definition) is 6. The zero-order valence-corrected chi connectivity index (χ0v) is 68.1. The number of aliphatic hydroxyl groups is 4. The van der Waals surface area contributed by atoms with E-state index in [-0.39, 0.29) is 88.3 Å². The molecule has 0 spiro atoms. The Morgan fingerprint density at radius 1 is 0.759 bits per heavy atom. The molecule has 3 amide bonds. The van der Waals surface area contributed by atoms with E-state index in [1.807, 2.05) is 171 Å². The van der Waals surface area contributed by atoms with Gasteiger partial charge in [-0.3, -0.25) is 38.7 Å².